The quantitative estimate of drug-likeness (QED) is 0.446. The molecule has 6 nitrogen and oxygen atoms in total. The Morgan fingerprint density at radius 3 is 2.53 bits per heavy atom. The van der Waals surface area contributed by atoms with Crippen LogP contribution >= 0.6 is 23.1 Å². The van der Waals surface area contributed by atoms with E-state index in [1.165, 1.54) is 11.5 Å². The molecule has 2 amide bonds. The van der Waals surface area contributed by atoms with Crippen LogP contribution in [0.25, 0.3) is 10.8 Å². The van der Waals surface area contributed by atoms with Crippen LogP contribution in [-0.2, 0) is 6.42 Å². The second kappa shape index (κ2) is 9.14. The van der Waals surface area contributed by atoms with Crippen LogP contribution in [-0.4, -0.2) is 46.5 Å². The van der Waals surface area contributed by atoms with Crippen LogP contribution in [0, 0.1) is 0 Å². The highest BCUT2D eigenvalue weighted by Crippen LogP contribution is 2.24. The molecule has 0 bridgehead atoms. The van der Waals surface area contributed by atoms with E-state index < -0.39 is 0 Å². The fraction of sp³-hybridized carbons (Fsp3) is 0.208. The summed E-state index contributed by atoms with van der Waals surface area (Å²) in [5.41, 5.74) is 1.97. The molecule has 5 rings (SSSR count). The van der Waals surface area contributed by atoms with E-state index in [9.17, 15) is 4.79 Å². The lowest BCUT2D eigenvalue weighted by Gasteiger charge is -2.34. The monoisotopic (exact) mass is 463 g/mol. The van der Waals surface area contributed by atoms with Crippen molar-refractivity contribution in [3.63, 3.8) is 0 Å². The SMILES string of the molecule is O=C(Nc1cccc2ccccc12)N1CCN(c2nc(Cc3ccc(Cl)cc3)ns2)CC1. The lowest BCUT2D eigenvalue weighted by atomic mass is 10.1. The van der Waals surface area contributed by atoms with Gasteiger partial charge in [-0.15, -0.1) is 0 Å². The van der Waals surface area contributed by atoms with Crippen molar-refractivity contribution in [3.8, 4) is 0 Å². The molecule has 0 spiro atoms. The minimum Gasteiger partial charge on any atom is -0.343 e. The number of nitrogens with zero attached hydrogens (tertiary/aromatic N) is 4. The van der Waals surface area contributed by atoms with Crippen LogP contribution in [0.1, 0.15) is 11.4 Å². The summed E-state index contributed by atoms with van der Waals surface area (Å²) in [4.78, 5) is 21.6. The van der Waals surface area contributed by atoms with E-state index in [-0.39, 0.29) is 6.03 Å². The zero-order valence-corrected chi connectivity index (χ0v) is 18.9. The third kappa shape index (κ3) is 4.54. The van der Waals surface area contributed by atoms with Crippen molar-refractivity contribution in [2.24, 2.45) is 0 Å². The lowest BCUT2D eigenvalue weighted by molar-refractivity contribution is 0.208. The number of piperazine rings is 1. The minimum absolute atomic E-state index is 0.0679. The number of halogens is 1. The first-order valence-corrected chi connectivity index (χ1v) is 11.7. The highest BCUT2D eigenvalue weighted by atomic mass is 35.5. The number of anilines is 2. The zero-order valence-electron chi connectivity index (χ0n) is 17.4. The van der Waals surface area contributed by atoms with Gasteiger partial charge in [-0.3, -0.25) is 0 Å². The topological polar surface area (TPSA) is 61.4 Å². The maximum Gasteiger partial charge on any atom is 0.321 e. The number of aromatic nitrogens is 2. The second-order valence-electron chi connectivity index (χ2n) is 7.73. The summed E-state index contributed by atoms with van der Waals surface area (Å²) < 4.78 is 4.51. The molecule has 0 radical (unpaired) electrons. The first kappa shape index (κ1) is 20.7. The molecule has 2 heterocycles. The second-order valence-corrected chi connectivity index (χ2v) is 8.89. The molecular formula is C24H22ClN5OS. The van der Waals surface area contributed by atoms with Crippen LogP contribution in [0.4, 0.5) is 15.6 Å². The fourth-order valence-electron chi connectivity index (χ4n) is 3.86. The Morgan fingerprint density at radius 2 is 1.72 bits per heavy atom. The molecule has 0 saturated carbocycles. The maximum atomic E-state index is 12.8. The Balaban J connectivity index is 1.18. The van der Waals surface area contributed by atoms with Crippen LogP contribution in [0.5, 0.6) is 0 Å². The molecule has 0 unspecified atom stereocenters. The Labute approximate surface area is 195 Å². The number of urea groups is 1. The van der Waals surface area contributed by atoms with Crippen LogP contribution in [0.3, 0.4) is 0 Å². The van der Waals surface area contributed by atoms with Crippen LogP contribution in [0.15, 0.2) is 66.7 Å². The average Bonchev–Trinajstić information content (AvgIpc) is 3.29. The molecule has 1 saturated heterocycles. The van der Waals surface area contributed by atoms with Crippen molar-refractivity contribution in [1.82, 2.24) is 14.3 Å². The molecule has 32 heavy (non-hydrogen) atoms. The lowest BCUT2D eigenvalue weighted by Crippen LogP contribution is -2.50. The molecule has 4 aromatic rings. The van der Waals surface area contributed by atoms with Gasteiger partial charge in [-0.05, 0) is 29.1 Å². The van der Waals surface area contributed by atoms with Gasteiger partial charge in [-0.25, -0.2) is 9.78 Å². The van der Waals surface area contributed by atoms with E-state index in [2.05, 4.69) is 14.6 Å². The summed E-state index contributed by atoms with van der Waals surface area (Å²) in [5.74, 6) is 0.809. The Hall–Kier alpha value is -3.16. The molecule has 1 aromatic heterocycles. The Kier molecular flexibility index (Phi) is 5.92. The molecular weight excluding hydrogens is 442 g/mol. The number of nitrogens with one attached hydrogen (secondary N) is 1. The van der Waals surface area contributed by atoms with Gasteiger partial charge in [0.15, 0.2) is 0 Å². The number of rotatable bonds is 4. The molecule has 0 aliphatic carbocycles. The standard InChI is InChI=1S/C24H22ClN5OS/c25-19-10-8-17(9-11-19)16-22-27-24(32-28-22)30-14-12-29(13-15-30)23(31)26-21-7-3-5-18-4-1-2-6-20(18)21/h1-11H,12-16H2,(H,26,31). The molecule has 1 fully saturated rings. The summed E-state index contributed by atoms with van der Waals surface area (Å²) in [6, 6.07) is 21.7. The van der Waals surface area contributed by atoms with Crippen molar-refractivity contribution in [1.29, 1.82) is 0 Å². The Morgan fingerprint density at radius 1 is 0.969 bits per heavy atom. The molecule has 1 aliphatic heterocycles. The highest BCUT2D eigenvalue weighted by Gasteiger charge is 2.23. The van der Waals surface area contributed by atoms with Crippen molar-refractivity contribution in [2.75, 3.05) is 36.4 Å². The molecule has 1 N–H and O–H groups in total. The summed E-state index contributed by atoms with van der Waals surface area (Å²) in [6.07, 6.45) is 0.682. The Bertz CT molecular complexity index is 1230. The number of carbonyl (C=O) groups excluding carboxylic acids is 1. The molecule has 1 aliphatic rings. The van der Waals surface area contributed by atoms with Crippen molar-refractivity contribution < 1.29 is 4.79 Å². The first-order chi connectivity index (χ1) is 15.7. The van der Waals surface area contributed by atoms with Gasteiger partial charge in [-0.1, -0.05) is 60.1 Å². The number of hydrogen-bond acceptors (Lipinski definition) is 5. The number of hydrogen-bond donors (Lipinski definition) is 1. The van der Waals surface area contributed by atoms with Gasteiger partial charge >= 0.3 is 6.03 Å². The first-order valence-electron chi connectivity index (χ1n) is 10.5. The van der Waals surface area contributed by atoms with Crippen molar-refractivity contribution in [3.05, 3.63) is 83.1 Å². The van der Waals surface area contributed by atoms with E-state index in [1.807, 2.05) is 71.6 Å². The minimum atomic E-state index is -0.0679. The number of carbonyl (C=O) groups is 1. The largest absolute Gasteiger partial charge is 0.343 e. The maximum absolute atomic E-state index is 12.8. The van der Waals surface area contributed by atoms with Crippen molar-refractivity contribution >= 4 is 50.8 Å². The summed E-state index contributed by atoms with van der Waals surface area (Å²) in [7, 11) is 0. The number of benzene rings is 3. The van der Waals surface area contributed by atoms with Gasteiger partial charge in [0.05, 0.1) is 5.69 Å². The molecule has 3 aromatic carbocycles. The van der Waals surface area contributed by atoms with Gasteiger partial charge in [0.25, 0.3) is 0 Å². The van der Waals surface area contributed by atoms with E-state index in [4.69, 9.17) is 16.6 Å². The van der Waals surface area contributed by atoms with E-state index in [0.29, 0.717) is 19.5 Å². The summed E-state index contributed by atoms with van der Waals surface area (Å²) in [6.45, 7) is 2.75. The summed E-state index contributed by atoms with van der Waals surface area (Å²) in [5, 5.41) is 6.87. The number of fused-ring (bicyclic) bond motifs is 1. The third-order valence-corrected chi connectivity index (χ3v) is 6.67. The zero-order chi connectivity index (χ0) is 21.9. The summed E-state index contributed by atoms with van der Waals surface area (Å²) >= 11 is 7.37. The molecule has 162 valence electrons. The normalized spacial score (nSPS) is 14.0. The third-order valence-electron chi connectivity index (χ3n) is 5.60. The molecule has 0 atom stereocenters. The smallest absolute Gasteiger partial charge is 0.321 e. The van der Waals surface area contributed by atoms with Crippen LogP contribution < -0.4 is 10.2 Å². The average molecular weight is 464 g/mol. The van der Waals surface area contributed by atoms with Crippen molar-refractivity contribution in [2.45, 2.75) is 6.42 Å². The predicted molar refractivity (Wildman–Crippen MR) is 131 cm³/mol. The van der Waals surface area contributed by atoms with Gasteiger partial charge in [0, 0.05) is 54.5 Å². The van der Waals surface area contributed by atoms with Gasteiger partial charge in [0.2, 0.25) is 5.13 Å². The van der Waals surface area contributed by atoms with Gasteiger partial charge in [0.1, 0.15) is 5.82 Å². The van der Waals surface area contributed by atoms with Gasteiger partial charge < -0.3 is 15.1 Å². The molecule has 8 heteroatoms. The van der Waals surface area contributed by atoms with Gasteiger partial charge in [-0.2, -0.15) is 4.37 Å². The number of amides is 2. The van der Waals surface area contributed by atoms with Crippen LogP contribution in [0.2, 0.25) is 5.02 Å². The predicted octanol–water partition coefficient (Wildman–Crippen LogP) is 5.29. The van der Waals surface area contributed by atoms with E-state index in [1.54, 1.807) is 0 Å². The highest BCUT2D eigenvalue weighted by molar-refractivity contribution is 7.09. The van der Waals surface area contributed by atoms with E-state index in [0.717, 1.165) is 51.1 Å². The van der Waals surface area contributed by atoms with E-state index >= 15 is 0 Å². The fourth-order valence-corrected chi connectivity index (χ4v) is 4.72.